The maximum atomic E-state index is 12.0. The van der Waals surface area contributed by atoms with Crippen LogP contribution in [0.1, 0.15) is 0 Å². The van der Waals surface area contributed by atoms with Crippen LogP contribution in [-0.4, -0.2) is 24.6 Å². The molecule has 23 heavy (non-hydrogen) atoms. The average molecular weight is 314 g/mol. The number of para-hydroxylation sites is 3. The molecule has 0 aliphatic carbocycles. The number of aromatic amines is 1. The predicted octanol–water partition coefficient (Wildman–Crippen LogP) is 2.15. The molecule has 3 rings (SSSR count). The highest BCUT2D eigenvalue weighted by Gasteiger charge is 2.11. The minimum atomic E-state index is -0.577. The zero-order valence-corrected chi connectivity index (χ0v) is 12.3. The SMILES string of the molecule is COc1ccccc1OCC(=O)Nc1cccc2[nH]c(=O)oc12. The number of carbonyl (C=O) groups excluding carboxylic acids is 1. The van der Waals surface area contributed by atoms with E-state index in [2.05, 4.69) is 10.3 Å². The molecular formula is C16H14N2O5. The van der Waals surface area contributed by atoms with Crippen molar-refractivity contribution in [2.24, 2.45) is 0 Å². The number of ether oxygens (including phenoxy) is 2. The lowest BCUT2D eigenvalue weighted by Gasteiger charge is -2.10. The van der Waals surface area contributed by atoms with Crippen molar-refractivity contribution in [3.05, 3.63) is 53.0 Å². The highest BCUT2D eigenvalue weighted by Crippen LogP contribution is 2.26. The zero-order chi connectivity index (χ0) is 16.2. The van der Waals surface area contributed by atoms with Gasteiger partial charge in [0.05, 0.1) is 18.3 Å². The van der Waals surface area contributed by atoms with Gasteiger partial charge in [0.15, 0.2) is 23.7 Å². The van der Waals surface area contributed by atoms with Crippen LogP contribution in [0.5, 0.6) is 11.5 Å². The molecule has 0 saturated heterocycles. The zero-order valence-electron chi connectivity index (χ0n) is 12.3. The number of hydrogen-bond acceptors (Lipinski definition) is 5. The first kappa shape index (κ1) is 14.7. The summed E-state index contributed by atoms with van der Waals surface area (Å²) in [5.41, 5.74) is 1.20. The Balaban J connectivity index is 1.70. The average Bonchev–Trinajstić information content (AvgIpc) is 2.94. The van der Waals surface area contributed by atoms with Crippen LogP contribution in [0.15, 0.2) is 51.7 Å². The molecule has 0 bridgehead atoms. The summed E-state index contributed by atoms with van der Waals surface area (Å²) in [6.45, 7) is -0.203. The van der Waals surface area contributed by atoms with E-state index in [1.807, 2.05) is 0 Å². The van der Waals surface area contributed by atoms with Gasteiger partial charge in [0.25, 0.3) is 5.91 Å². The third-order valence-corrected chi connectivity index (χ3v) is 3.15. The maximum absolute atomic E-state index is 12.0. The Bertz CT molecular complexity index is 897. The molecule has 118 valence electrons. The van der Waals surface area contributed by atoms with Gasteiger partial charge in [-0.25, -0.2) is 4.79 Å². The van der Waals surface area contributed by atoms with Crippen LogP contribution in [0.4, 0.5) is 5.69 Å². The summed E-state index contributed by atoms with van der Waals surface area (Å²) < 4.78 is 15.6. The number of amides is 1. The molecule has 1 aromatic heterocycles. The van der Waals surface area contributed by atoms with Gasteiger partial charge in [-0.05, 0) is 24.3 Å². The second kappa shape index (κ2) is 6.27. The molecule has 1 heterocycles. The van der Waals surface area contributed by atoms with Gasteiger partial charge in [-0.2, -0.15) is 0 Å². The molecule has 2 aromatic carbocycles. The molecule has 0 aliphatic rings. The summed E-state index contributed by atoms with van der Waals surface area (Å²) in [5.74, 6) is 0.0507. The molecule has 7 heteroatoms. The third-order valence-electron chi connectivity index (χ3n) is 3.15. The first-order chi connectivity index (χ1) is 11.2. The Kier molecular flexibility index (Phi) is 4.01. The lowest BCUT2D eigenvalue weighted by molar-refractivity contribution is -0.118. The molecular weight excluding hydrogens is 300 g/mol. The third kappa shape index (κ3) is 3.18. The van der Waals surface area contributed by atoms with Gasteiger partial charge < -0.3 is 19.2 Å². The summed E-state index contributed by atoms with van der Waals surface area (Å²) in [5, 5.41) is 2.65. The number of oxazole rings is 1. The summed E-state index contributed by atoms with van der Waals surface area (Å²) in [7, 11) is 1.52. The van der Waals surface area contributed by atoms with Crippen LogP contribution in [0.3, 0.4) is 0 Å². The number of rotatable bonds is 5. The fourth-order valence-corrected chi connectivity index (χ4v) is 2.14. The van der Waals surface area contributed by atoms with Crippen LogP contribution in [-0.2, 0) is 4.79 Å². The van der Waals surface area contributed by atoms with Crippen LogP contribution in [0, 0.1) is 0 Å². The number of aromatic nitrogens is 1. The summed E-state index contributed by atoms with van der Waals surface area (Å²) in [6.07, 6.45) is 0. The normalized spacial score (nSPS) is 10.5. The Morgan fingerprint density at radius 1 is 1.17 bits per heavy atom. The van der Waals surface area contributed by atoms with Crippen LogP contribution in [0.2, 0.25) is 0 Å². The molecule has 0 atom stereocenters. The number of carbonyl (C=O) groups is 1. The molecule has 0 spiro atoms. The minimum absolute atomic E-state index is 0.203. The van der Waals surface area contributed by atoms with Gasteiger partial charge in [0, 0.05) is 0 Å². The Morgan fingerprint density at radius 2 is 1.96 bits per heavy atom. The number of methoxy groups -OCH3 is 1. The van der Waals surface area contributed by atoms with Crippen molar-refractivity contribution in [3.8, 4) is 11.5 Å². The first-order valence-corrected chi connectivity index (χ1v) is 6.85. The van der Waals surface area contributed by atoms with Crippen molar-refractivity contribution < 1.29 is 18.7 Å². The molecule has 7 nitrogen and oxygen atoms in total. The molecule has 1 amide bonds. The van der Waals surface area contributed by atoms with Crippen LogP contribution in [0.25, 0.3) is 11.1 Å². The minimum Gasteiger partial charge on any atom is -0.493 e. The Hall–Kier alpha value is -3.22. The topological polar surface area (TPSA) is 93.6 Å². The van der Waals surface area contributed by atoms with E-state index in [1.54, 1.807) is 42.5 Å². The second-order valence-corrected chi connectivity index (χ2v) is 4.68. The van der Waals surface area contributed by atoms with E-state index in [4.69, 9.17) is 13.9 Å². The molecule has 0 aliphatic heterocycles. The number of fused-ring (bicyclic) bond motifs is 1. The van der Waals surface area contributed by atoms with E-state index in [0.29, 0.717) is 28.3 Å². The fourth-order valence-electron chi connectivity index (χ4n) is 2.14. The quantitative estimate of drug-likeness (QED) is 0.752. The predicted molar refractivity (Wildman–Crippen MR) is 84.0 cm³/mol. The summed E-state index contributed by atoms with van der Waals surface area (Å²) >= 11 is 0. The number of H-pyrrole nitrogens is 1. The molecule has 0 fully saturated rings. The number of benzene rings is 2. The highest BCUT2D eigenvalue weighted by atomic mass is 16.5. The fraction of sp³-hybridized carbons (Fsp3) is 0.125. The van der Waals surface area contributed by atoms with Crippen molar-refractivity contribution in [1.29, 1.82) is 0 Å². The first-order valence-electron chi connectivity index (χ1n) is 6.85. The number of nitrogens with one attached hydrogen (secondary N) is 2. The van der Waals surface area contributed by atoms with Gasteiger partial charge >= 0.3 is 5.76 Å². The van der Waals surface area contributed by atoms with Crippen molar-refractivity contribution in [3.63, 3.8) is 0 Å². The van der Waals surface area contributed by atoms with E-state index >= 15 is 0 Å². The molecule has 2 N–H and O–H groups in total. The highest BCUT2D eigenvalue weighted by molar-refractivity contribution is 5.99. The lowest BCUT2D eigenvalue weighted by Crippen LogP contribution is -2.20. The van der Waals surface area contributed by atoms with Crippen LogP contribution >= 0.6 is 0 Å². The van der Waals surface area contributed by atoms with Gasteiger partial charge in [-0.1, -0.05) is 18.2 Å². The van der Waals surface area contributed by atoms with Gasteiger partial charge in [-0.3, -0.25) is 9.78 Å². The van der Waals surface area contributed by atoms with E-state index in [9.17, 15) is 9.59 Å². The molecule has 0 radical (unpaired) electrons. The van der Waals surface area contributed by atoms with Crippen molar-refractivity contribution in [1.82, 2.24) is 4.98 Å². The summed E-state index contributed by atoms with van der Waals surface area (Å²) in [4.78, 5) is 25.8. The van der Waals surface area contributed by atoms with Crippen molar-refractivity contribution in [2.75, 3.05) is 19.0 Å². The summed E-state index contributed by atoms with van der Waals surface area (Å²) in [6, 6.07) is 12.1. The standard InChI is InChI=1S/C16H14N2O5/c1-21-12-7-2-3-8-13(12)22-9-14(19)17-10-5-4-6-11-15(10)23-16(20)18-11/h2-8H,9H2,1H3,(H,17,19)(H,18,20). The largest absolute Gasteiger partial charge is 0.493 e. The maximum Gasteiger partial charge on any atom is 0.417 e. The van der Waals surface area contributed by atoms with Crippen LogP contribution < -0.4 is 20.5 Å². The monoisotopic (exact) mass is 314 g/mol. The van der Waals surface area contributed by atoms with Crippen molar-refractivity contribution >= 4 is 22.7 Å². The van der Waals surface area contributed by atoms with Gasteiger partial charge in [0.1, 0.15) is 0 Å². The van der Waals surface area contributed by atoms with E-state index in [1.165, 1.54) is 7.11 Å². The van der Waals surface area contributed by atoms with Crippen molar-refractivity contribution in [2.45, 2.75) is 0 Å². The second-order valence-electron chi connectivity index (χ2n) is 4.68. The van der Waals surface area contributed by atoms with E-state index < -0.39 is 5.76 Å². The number of hydrogen-bond donors (Lipinski definition) is 2. The molecule has 0 saturated carbocycles. The molecule has 3 aromatic rings. The van der Waals surface area contributed by atoms with E-state index in [0.717, 1.165) is 0 Å². The smallest absolute Gasteiger partial charge is 0.417 e. The van der Waals surface area contributed by atoms with Gasteiger partial charge in [0.2, 0.25) is 0 Å². The Morgan fingerprint density at radius 3 is 2.74 bits per heavy atom. The Labute approximate surface area is 130 Å². The van der Waals surface area contributed by atoms with Gasteiger partial charge in [-0.15, -0.1) is 0 Å². The molecule has 0 unspecified atom stereocenters. The lowest BCUT2D eigenvalue weighted by atomic mass is 10.3. The van der Waals surface area contributed by atoms with E-state index in [-0.39, 0.29) is 12.5 Å². The number of anilines is 1.